The molecule has 0 bridgehead atoms. The number of ether oxygens (including phenoxy) is 1. The highest BCUT2D eigenvalue weighted by molar-refractivity contribution is 7.89. The number of methoxy groups -OCH3 is 1. The topological polar surface area (TPSA) is 49.9 Å². The van der Waals surface area contributed by atoms with Crippen LogP contribution >= 0.6 is 0 Å². The zero-order chi connectivity index (χ0) is 22.1. The maximum Gasteiger partial charge on any atom is 0.243 e. The highest BCUT2D eigenvalue weighted by Gasteiger charge is 2.32. The van der Waals surface area contributed by atoms with Gasteiger partial charge >= 0.3 is 0 Å². The molecular weight excluding hydrogens is 420 g/mol. The van der Waals surface area contributed by atoms with Gasteiger partial charge in [0, 0.05) is 38.1 Å². The lowest BCUT2D eigenvalue weighted by molar-refractivity contribution is 0.167. The molecule has 0 N–H and O–H groups in total. The summed E-state index contributed by atoms with van der Waals surface area (Å²) in [5.41, 5.74) is 2.72. The standard InChI is InChI=1S/C26H30N2O3S/c1-31-24-12-11-23-19-27(15-13-22(23)16-24)17-20-6-5-14-28(18-20)32(29,30)26-10-4-8-21-7-2-3-9-25(21)26/h2-4,7-12,16,20H,5-6,13-15,17-19H2,1H3. The lowest BCUT2D eigenvalue weighted by Crippen LogP contribution is -2.44. The number of fused-ring (bicyclic) bond motifs is 2. The number of sulfonamides is 1. The third-order valence-electron chi connectivity index (χ3n) is 6.87. The van der Waals surface area contributed by atoms with Crippen LogP contribution < -0.4 is 4.74 Å². The van der Waals surface area contributed by atoms with Crippen molar-refractivity contribution in [1.29, 1.82) is 0 Å². The summed E-state index contributed by atoms with van der Waals surface area (Å²) in [5.74, 6) is 1.27. The van der Waals surface area contributed by atoms with Crippen LogP contribution in [-0.2, 0) is 23.0 Å². The molecule has 5 rings (SSSR count). The molecule has 168 valence electrons. The first-order chi connectivity index (χ1) is 15.5. The second-order valence-corrected chi connectivity index (χ2v) is 10.9. The van der Waals surface area contributed by atoms with Gasteiger partial charge in [-0.25, -0.2) is 8.42 Å². The second-order valence-electron chi connectivity index (χ2n) is 8.97. The zero-order valence-corrected chi connectivity index (χ0v) is 19.4. The van der Waals surface area contributed by atoms with Crippen LogP contribution in [0.4, 0.5) is 0 Å². The number of piperidine rings is 1. The molecular formula is C26H30N2O3S. The van der Waals surface area contributed by atoms with Crippen LogP contribution in [0.15, 0.2) is 65.6 Å². The maximum atomic E-state index is 13.6. The molecule has 5 nitrogen and oxygen atoms in total. The summed E-state index contributed by atoms with van der Waals surface area (Å²) >= 11 is 0. The van der Waals surface area contributed by atoms with Crippen molar-refractivity contribution in [2.75, 3.05) is 33.3 Å². The monoisotopic (exact) mass is 450 g/mol. The molecule has 1 fully saturated rings. The Morgan fingerprint density at radius 3 is 2.72 bits per heavy atom. The van der Waals surface area contributed by atoms with Crippen molar-refractivity contribution < 1.29 is 13.2 Å². The Morgan fingerprint density at radius 1 is 1.00 bits per heavy atom. The third-order valence-corrected chi connectivity index (χ3v) is 8.79. The molecule has 3 aromatic carbocycles. The predicted octanol–water partition coefficient (Wildman–Crippen LogP) is 4.31. The number of rotatable bonds is 5. The van der Waals surface area contributed by atoms with Crippen LogP contribution in [0.5, 0.6) is 5.75 Å². The van der Waals surface area contributed by atoms with Gasteiger partial charge in [-0.1, -0.05) is 42.5 Å². The van der Waals surface area contributed by atoms with Crippen molar-refractivity contribution in [3.63, 3.8) is 0 Å². The fourth-order valence-electron chi connectivity index (χ4n) is 5.19. The molecule has 0 spiro atoms. The van der Waals surface area contributed by atoms with E-state index in [0.717, 1.165) is 55.4 Å². The van der Waals surface area contributed by atoms with E-state index in [1.54, 1.807) is 17.5 Å². The summed E-state index contributed by atoms with van der Waals surface area (Å²) in [6, 6.07) is 19.6. The SMILES string of the molecule is COc1ccc2c(c1)CCN(CC1CCCN(S(=O)(=O)c3cccc4ccccc34)C1)C2. The van der Waals surface area contributed by atoms with Gasteiger partial charge < -0.3 is 4.74 Å². The minimum atomic E-state index is -3.52. The van der Waals surface area contributed by atoms with Crippen molar-refractivity contribution >= 4 is 20.8 Å². The molecule has 0 aliphatic carbocycles. The second kappa shape index (κ2) is 8.85. The molecule has 2 aliphatic rings. The van der Waals surface area contributed by atoms with Gasteiger partial charge in [-0.15, -0.1) is 0 Å². The van der Waals surface area contributed by atoms with Gasteiger partial charge in [0.05, 0.1) is 12.0 Å². The van der Waals surface area contributed by atoms with Crippen LogP contribution in [0.25, 0.3) is 10.8 Å². The van der Waals surface area contributed by atoms with E-state index >= 15 is 0 Å². The summed E-state index contributed by atoms with van der Waals surface area (Å²) in [6.45, 7) is 4.06. The summed E-state index contributed by atoms with van der Waals surface area (Å²) in [6.07, 6.45) is 3.00. The molecule has 0 radical (unpaired) electrons. The van der Waals surface area contributed by atoms with Crippen molar-refractivity contribution in [2.24, 2.45) is 5.92 Å². The fourth-order valence-corrected chi connectivity index (χ4v) is 6.96. The van der Waals surface area contributed by atoms with E-state index in [1.165, 1.54) is 11.1 Å². The van der Waals surface area contributed by atoms with Gasteiger partial charge in [0.15, 0.2) is 0 Å². The average molecular weight is 451 g/mol. The highest BCUT2D eigenvalue weighted by atomic mass is 32.2. The lowest BCUT2D eigenvalue weighted by Gasteiger charge is -2.37. The van der Waals surface area contributed by atoms with Crippen molar-refractivity contribution in [1.82, 2.24) is 9.21 Å². The van der Waals surface area contributed by atoms with Crippen LogP contribution in [-0.4, -0.2) is 50.9 Å². The molecule has 1 saturated heterocycles. The van der Waals surface area contributed by atoms with Crippen LogP contribution in [0, 0.1) is 5.92 Å². The molecule has 0 saturated carbocycles. The number of hydrogen-bond acceptors (Lipinski definition) is 4. The smallest absolute Gasteiger partial charge is 0.243 e. The minimum Gasteiger partial charge on any atom is -0.497 e. The Labute approximate surface area is 190 Å². The quantitative estimate of drug-likeness (QED) is 0.581. The summed E-state index contributed by atoms with van der Waals surface area (Å²) < 4.78 is 34.2. The number of hydrogen-bond donors (Lipinski definition) is 0. The van der Waals surface area contributed by atoms with Crippen LogP contribution in [0.2, 0.25) is 0 Å². The molecule has 3 aromatic rings. The largest absolute Gasteiger partial charge is 0.497 e. The van der Waals surface area contributed by atoms with Crippen LogP contribution in [0.1, 0.15) is 24.0 Å². The molecule has 0 aromatic heterocycles. The Bertz CT molecular complexity index is 1220. The Hall–Kier alpha value is -2.41. The van der Waals surface area contributed by atoms with E-state index < -0.39 is 10.0 Å². The highest BCUT2D eigenvalue weighted by Crippen LogP contribution is 2.30. The Balaban J connectivity index is 1.30. The van der Waals surface area contributed by atoms with E-state index in [0.29, 0.717) is 23.9 Å². The molecule has 6 heteroatoms. The zero-order valence-electron chi connectivity index (χ0n) is 18.5. The van der Waals surface area contributed by atoms with E-state index in [1.807, 2.05) is 42.5 Å². The van der Waals surface area contributed by atoms with Gasteiger partial charge in [-0.3, -0.25) is 4.90 Å². The normalized spacial score (nSPS) is 20.2. The summed E-state index contributed by atoms with van der Waals surface area (Å²) in [7, 11) is -1.81. The third kappa shape index (κ3) is 4.15. The Kier molecular flexibility index (Phi) is 5.93. The minimum absolute atomic E-state index is 0.355. The van der Waals surface area contributed by atoms with Crippen molar-refractivity contribution in [3.05, 3.63) is 71.8 Å². The van der Waals surface area contributed by atoms with Crippen molar-refractivity contribution in [3.8, 4) is 5.75 Å². The summed E-state index contributed by atoms with van der Waals surface area (Å²) in [4.78, 5) is 2.91. The summed E-state index contributed by atoms with van der Waals surface area (Å²) in [5, 5.41) is 1.77. The average Bonchev–Trinajstić information content (AvgIpc) is 2.83. The lowest BCUT2D eigenvalue weighted by atomic mass is 9.95. The first-order valence-electron chi connectivity index (χ1n) is 11.4. The molecule has 2 heterocycles. The fraction of sp³-hybridized carbons (Fsp3) is 0.385. The number of benzene rings is 3. The predicted molar refractivity (Wildman–Crippen MR) is 127 cm³/mol. The van der Waals surface area contributed by atoms with Gasteiger partial charge in [0.1, 0.15) is 5.75 Å². The molecule has 0 amide bonds. The van der Waals surface area contributed by atoms with E-state index in [-0.39, 0.29) is 0 Å². The van der Waals surface area contributed by atoms with E-state index in [9.17, 15) is 8.42 Å². The van der Waals surface area contributed by atoms with Gasteiger partial charge in [-0.2, -0.15) is 4.31 Å². The first-order valence-corrected chi connectivity index (χ1v) is 12.8. The molecule has 32 heavy (non-hydrogen) atoms. The van der Waals surface area contributed by atoms with Gasteiger partial charge in [0.25, 0.3) is 0 Å². The number of nitrogens with zero attached hydrogens (tertiary/aromatic N) is 2. The van der Waals surface area contributed by atoms with Crippen molar-refractivity contribution in [2.45, 2.75) is 30.7 Å². The van der Waals surface area contributed by atoms with Crippen LogP contribution in [0.3, 0.4) is 0 Å². The van der Waals surface area contributed by atoms with E-state index in [2.05, 4.69) is 17.0 Å². The van der Waals surface area contributed by atoms with Gasteiger partial charge in [-0.05, 0) is 59.9 Å². The Morgan fingerprint density at radius 2 is 1.84 bits per heavy atom. The molecule has 1 atom stereocenters. The maximum absolute atomic E-state index is 13.6. The molecule has 1 unspecified atom stereocenters. The van der Waals surface area contributed by atoms with E-state index in [4.69, 9.17) is 4.74 Å². The first kappa shape index (κ1) is 21.4. The molecule has 2 aliphatic heterocycles. The van der Waals surface area contributed by atoms with Gasteiger partial charge in [0.2, 0.25) is 10.0 Å².